The molecule has 1 saturated carbocycles. The molecule has 0 spiro atoms. The van der Waals surface area contributed by atoms with Gasteiger partial charge in [0.1, 0.15) is 18.8 Å². The molecule has 0 bridgehead atoms. The van der Waals surface area contributed by atoms with Crippen molar-refractivity contribution in [1.29, 1.82) is 0 Å². The quantitative estimate of drug-likeness (QED) is 0.705. The SMILES string of the molecule is FC(F)(CO[C@H]1CC[C@@H](Nc2ncnc3[nH]ncc23)C1)c1ccccc1. The summed E-state index contributed by atoms with van der Waals surface area (Å²) in [5.74, 6) is -2.29. The Morgan fingerprint density at radius 1 is 1.19 bits per heavy atom. The van der Waals surface area contributed by atoms with E-state index in [1.165, 1.54) is 18.5 Å². The summed E-state index contributed by atoms with van der Waals surface area (Å²) in [6, 6.07) is 7.91. The molecule has 0 aliphatic heterocycles. The number of rotatable bonds is 6. The van der Waals surface area contributed by atoms with Gasteiger partial charge in [-0.3, -0.25) is 5.10 Å². The first-order chi connectivity index (χ1) is 12.6. The zero-order valence-corrected chi connectivity index (χ0v) is 14.0. The van der Waals surface area contributed by atoms with Crippen LogP contribution in [0.5, 0.6) is 0 Å². The Hall–Kier alpha value is -2.61. The van der Waals surface area contributed by atoms with Gasteiger partial charge in [0.25, 0.3) is 5.92 Å². The fourth-order valence-corrected chi connectivity index (χ4v) is 3.28. The van der Waals surface area contributed by atoms with Gasteiger partial charge in [-0.15, -0.1) is 0 Å². The van der Waals surface area contributed by atoms with Crippen LogP contribution in [0.3, 0.4) is 0 Å². The number of fused-ring (bicyclic) bond motifs is 1. The van der Waals surface area contributed by atoms with Crippen molar-refractivity contribution in [3.8, 4) is 0 Å². The second-order valence-electron chi connectivity index (χ2n) is 6.51. The van der Waals surface area contributed by atoms with Gasteiger partial charge >= 0.3 is 0 Å². The van der Waals surface area contributed by atoms with E-state index in [2.05, 4.69) is 25.5 Å². The fourth-order valence-electron chi connectivity index (χ4n) is 3.28. The molecule has 0 radical (unpaired) electrons. The number of hydrogen-bond donors (Lipinski definition) is 2. The molecule has 1 aromatic carbocycles. The normalized spacial score (nSPS) is 20.5. The number of anilines is 1. The summed E-state index contributed by atoms with van der Waals surface area (Å²) >= 11 is 0. The van der Waals surface area contributed by atoms with Crippen LogP contribution < -0.4 is 5.32 Å². The molecule has 2 heterocycles. The number of nitrogens with zero attached hydrogens (tertiary/aromatic N) is 3. The van der Waals surface area contributed by atoms with Crippen molar-refractivity contribution in [3.05, 3.63) is 48.4 Å². The molecule has 3 aromatic rings. The number of halogens is 2. The number of ether oxygens (including phenoxy) is 1. The van der Waals surface area contributed by atoms with Gasteiger partial charge in [0.15, 0.2) is 5.65 Å². The van der Waals surface area contributed by atoms with Crippen LogP contribution in [0.1, 0.15) is 24.8 Å². The van der Waals surface area contributed by atoms with E-state index in [0.717, 1.165) is 18.2 Å². The summed E-state index contributed by atoms with van der Waals surface area (Å²) in [6.45, 7) is -0.603. The lowest BCUT2D eigenvalue weighted by molar-refractivity contribution is -0.103. The van der Waals surface area contributed by atoms with Gasteiger partial charge in [-0.1, -0.05) is 30.3 Å². The number of hydrogen-bond acceptors (Lipinski definition) is 5. The maximum absolute atomic E-state index is 14.2. The highest BCUT2D eigenvalue weighted by Gasteiger charge is 2.34. The van der Waals surface area contributed by atoms with Crippen molar-refractivity contribution >= 4 is 16.9 Å². The lowest BCUT2D eigenvalue weighted by Gasteiger charge is -2.20. The van der Waals surface area contributed by atoms with Crippen LogP contribution in [-0.2, 0) is 10.7 Å². The van der Waals surface area contributed by atoms with Crippen LogP contribution in [0.25, 0.3) is 11.0 Å². The van der Waals surface area contributed by atoms with Gasteiger partial charge < -0.3 is 10.1 Å². The lowest BCUT2D eigenvalue weighted by atomic mass is 10.1. The van der Waals surface area contributed by atoms with Crippen molar-refractivity contribution in [1.82, 2.24) is 20.2 Å². The molecule has 2 N–H and O–H groups in total. The molecule has 0 amide bonds. The highest BCUT2D eigenvalue weighted by Crippen LogP contribution is 2.32. The van der Waals surface area contributed by atoms with Crippen molar-refractivity contribution in [3.63, 3.8) is 0 Å². The topological polar surface area (TPSA) is 75.7 Å². The first-order valence-electron chi connectivity index (χ1n) is 8.57. The minimum atomic E-state index is -2.98. The van der Waals surface area contributed by atoms with E-state index in [9.17, 15) is 8.78 Å². The molecule has 6 nitrogen and oxygen atoms in total. The number of benzene rings is 1. The number of aromatic nitrogens is 4. The third-order valence-corrected chi connectivity index (χ3v) is 4.67. The van der Waals surface area contributed by atoms with Gasteiger partial charge in [-0.25, -0.2) is 9.97 Å². The van der Waals surface area contributed by atoms with E-state index in [-0.39, 0.29) is 17.7 Å². The molecule has 26 heavy (non-hydrogen) atoms. The molecular formula is C18H19F2N5O. The van der Waals surface area contributed by atoms with Gasteiger partial charge in [-0.05, 0) is 19.3 Å². The third kappa shape index (κ3) is 3.50. The smallest absolute Gasteiger partial charge is 0.296 e. The molecule has 8 heteroatoms. The zero-order valence-electron chi connectivity index (χ0n) is 14.0. The second kappa shape index (κ2) is 6.95. The maximum Gasteiger partial charge on any atom is 0.296 e. The summed E-state index contributed by atoms with van der Waals surface area (Å²) in [4.78, 5) is 8.35. The van der Waals surface area contributed by atoms with E-state index >= 15 is 0 Å². The zero-order chi connectivity index (χ0) is 18.0. The van der Waals surface area contributed by atoms with Crippen LogP contribution in [0.15, 0.2) is 42.9 Å². The fraction of sp³-hybridized carbons (Fsp3) is 0.389. The van der Waals surface area contributed by atoms with Crippen LogP contribution >= 0.6 is 0 Å². The first-order valence-corrected chi connectivity index (χ1v) is 8.57. The minimum absolute atomic E-state index is 0.0176. The Bertz CT molecular complexity index is 870. The lowest BCUT2D eigenvalue weighted by Crippen LogP contribution is -2.25. The Kier molecular flexibility index (Phi) is 4.50. The van der Waals surface area contributed by atoms with Crippen molar-refractivity contribution in [2.24, 2.45) is 0 Å². The second-order valence-corrected chi connectivity index (χ2v) is 6.51. The van der Waals surface area contributed by atoms with Gasteiger partial charge in [-0.2, -0.15) is 13.9 Å². The summed E-state index contributed by atoms with van der Waals surface area (Å²) in [5.41, 5.74) is 0.645. The summed E-state index contributed by atoms with van der Waals surface area (Å²) in [6.07, 6.45) is 5.18. The van der Waals surface area contributed by atoms with Crippen LogP contribution in [-0.4, -0.2) is 38.9 Å². The number of H-pyrrole nitrogens is 1. The summed E-state index contributed by atoms with van der Waals surface area (Å²) in [5, 5.41) is 10.9. The van der Waals surface area contributed by atoms with Crippen LogP contribution in [0.2, 0.25) is 0 Å². The predicted octanol–water partition coefficient (Wildman–Crippen LogP) is 3.49. The first kappa shape index (κ1) is 16.8. The average Bonchev–Trinajstić information content (AvgIpc) is 3.31. The van der Waals surface area contributed by atoms with E-state index < -0.39 is 12.5 Å². The molecule has 1 aliphatic carbocycles. The van der Waals surface area contributed by atoms with Gasteiger partial charge in [0.2, 0.25) is 0 Å². The Morgan fingerprint density at radius 2 is 2.04 bits per heavy atom. The molecule has 0 saturated heterocycles. The van der Waals surface area contributed by atoms with E-state index in [1.54, 1.807) is 24.4 Å². The van der Waals surface area contributed by atoms with Gasteiger partial charge in [0, 0.05) is 11.6 Å². The molecule has 1 aliphatic rings. The molecule has 2 atom stereocenters. The number of aromatic amines is 1. The maximum atomic E-state index is 14.2. The molecule has 136 valence electrons. The summed E-state index contributed by atoms with van der Waals surface area (Å²) in [7, 11) is 0. The number of nitrogens with one attached hydrogen (secondary N) is 2. The van der Waals surface area contributed by atoms with Crippen LogP contribution in [0, 0.1) is 0 Å². The molecule has 4 rings (SSSR count). The highest BCUT2D eigenvalue weighted by molar-refractivity contribution is 5.85. The van der Waals surface area contributed by atoms with Gasteiger partial charge in [0.05, 0.1) is 17.7 Å². The van der Waals surface area contributed by atoms with Crippen molar-refractivity contribution < 1.29 is 13.5 Å². The monoisotopic (exact) mass is 359 g/mol. The number of alkyl halides is 2. The predicted molar refractivity (Wildman–Crippen MR) is 93.0 cm³/mol. The molecule has 2 aromatic heterocycles. The average molecular weight is 359 g/mol. The Balaban J connectivity index is 1.33. The van der Waals surface area contributed by atoms with E-state index in [0.29, 0.717) is 17.9 Å². The Morgan fingerprint density at radius 3 is 2.88 bits per heavy atom. The third-order valence-electron chi connectivity index (χ3n) is 4.67. The van der Waals surface area contributed by atoms with E-state index in [1.807, 2.05) is 0 Å². The Labute approximate surface area is 149 Å². The highest BCUT2D eigenvalue weighted by atomic mass is 19.3. The standard InChI is InChI=1S/C18H19F2N5O/c19-18(20,12-4-2-1-3-5-12)10-26-14-7-6-13(8-14)24-16-15-9-23-25-17(15)22-11-21-16/h1-5,9,11,13-14H,6-8,10H2,(H2,21,22,23,24,25)/t13-,14+/m1/s1. The van der Waals surface area contributed by atoms with Crippen molar-refractivity contribution in [2.75, 3.05) is 11.9 Å². The molecule has 1 fully saturated rings. The minimum Gasteiger partial charge on any atom is -0.371 e. The molecule has 0 unspecified atom stereocenters. The van der Waals surface area contributed by atoms with Crippen LogP contribution in [0.4, 0.5) is 14.6 Å². The largest absolute Gasteiger partial charge is 0.371 e. The summed E-state index contributed by atoms with van der Waals surface area (Å²) < 4.78 is 34.0. The van der Waals surface area contributed by atoms with E-state index in [4.69, 9.17) is 4.74 Å². The molecular weight excluding hydrogens is 340 g/mol. The van der Waals surface area contributed by atoms with Crippen molar-refractivity contribution in [2.45, 2.75) is 37.3 Å².